The number of piperidine rings is 1. The van der Waals surface area contributed by atoms with Crippen LogP contribution in [0.3, 0.4) is 0 Å². The van der Waals surface area contributed by atoms with Gasteiger partial charge in [-0.1, -0.05) is 0 Å². The number of hydrogen-bond acceptors (Lipinski definition) is 3. The Labute approximate surface area is 105 Å². The molecule has 0 bridgehead atoms. The van der Waals surface area contributed by atoms with E-state index < -0.39 is 0 Å². The molecular formula is C11H19BrN4. The first-order valence-electron chi connectivity index (χ1n) is 5.74. The highest BCUT2D eigenvalue weighted by molar-refractivity contribution is 9.10. The molecule has 0 saturated carbocycles. The molecule has 2 rings (SSSR count). The number of aromatic nitrogens is 2. The van der Waals surface area contributed by atoms with Crippen LogP contribution in [-0.2, 0) is 13.6 Å². The van der Waals surface area contributed by atoms with Crippen molar-refractivity contribution < 1.29 is 0 Å². The molecule has 5 heteroatoms. The van der Waals surface area contributed by atoms with Crippen LogP contribution in [0.1, 0.15) is 24.2 Å². The Kier molecular flexibility index (Phi) is 3.66. The lowest BCUT2D eigenvalue weighted by atomic mass is 10.1. The van der Waals surface area contributed by atoms with E-state index in [1.807, 2.05) is 18.7 Å². The molecule has 4 nitrogen and oxygen atoms in total. The molecule has 0 unspecified atom stereocenters. The highest BCUT2D eigenvalue weighted by Gasteiger charge is 2.19. The third-order valence-electron chi connectivity index (χ3n) is 3.18. The maximum absolute atomic E-state index is 5.98. The van der Waals surface area contributed by atoms with Gasteiger partial charge in [-0.2, -0.15) is 5.10 Å². The van der Waals surface area contributed by atoms with Gasteiger partial charge in [0.05, 0.1) is 15.9 Å². The number of nitrogens with zero attached hydrogens (tertiary/aromatic N) is 3. The van der Waals surface area contributed by atoms with Gasteiger partial charge in [-0.05, 0) is 42.2 Å². The average Bonchev–Trinajstić information content (AvgIpc) is 2.45. The maximum Gasteiger partial charge on any atom is 0.0739 e. The zero-order valence-electron chi connectivity index (χ0n) is 9.91. The van der Waals surface area contributed by atoms with Gasteiger partial charge in [-0.25, -0.2) is 0 Å². The van der Waals surface area contributed by atoms with Crippen molar-refractivity contribution in [2.24, 2.45) is 12.8 Å². The van der Waals surface area contributed by atoms with Crippen LogP contribution in [-0.4, -0.2) is 33.8 Å². The second-order valence-electron chi connectivity index (χ2n) is 4.61. The fourth-order valence-electron chi connectivity index (χ4n) is 2.30. The molecule has 0 aliphatic carbocycles. The number of rotatable bonds is 2. The van der Waals surface area contributed by atoms with Gasteiger partial charge in [0.25, 0.3) is 0 Å². The van der Waals surface area contributed by atoms with Crippen LogP contribution < -0.4 is 5.73 Å². The molecule has 90 valence electrons. The second kappa shape index (κ2) is 4.85. The third kappa shape index (κ3) is 2.47. The van der Waals surface area contributed by atoms with E-state index in [4.69, 9.17) is 5.73 Å². The topological polar surface area (TPSA) is 47.1 Å². The molecule has 1 fully saturated rings. The summed E-state index contributed by atoms with van der Waals surface area (Å²) in [6.07, 6.45) is 2.36. The largest absolute Gasteiger partial charge is 0.327 e. The van der Waals surface area contributed by atoms with Gasteiger partial charge in [-0.3, -0.25) is 9.58 Å². The van der Waals surface area contributed by atoms with Crippen LogP contribution in [0.4, 0.5) is 0 Å². The molecule has 0 radical (unpaired) electrons. The summed E-state index contributed by atoms with van der Waals surface area (Å²) in [7, 11) is 2.00. The Morgan fingerprint density at radius 2 is 2.31 bits per heavy atom. The number of halogens is 1. The van der Waals surface area contributed by atoms with Crippen LogP contribution in [0.2, 0.25) is 0 Å². The molecule has 1 aromatic rings. The van der Waals surface area contributed by atoms with E-state index in [2.05, 4.69) is 25.9 Å². The summed E-state index contributed by atoms with van der Waals surface area (Å²) >= 11 is 3.60. The molecule has 2 heterocycles. The average molecular weight is 287 g/mol. The molecule has 1 atom stereocenters. The van der Waals surface area contributed by atoms with Gasteiger partial charge >= 0.3 is 0 Å². The van der Waals surface area contributed by atoms with Crippen LogP contribution in [0.25, 0.3) is 0 Å². The van der Waals surface area contributed by atoms with Crippen LogP contribution in [0.15, 0.2) is 4.47 Å². The molecular weight excluding hydrogens is 268 g/mol. The van der Waals surface area contributed by atoms with Crippen molar-refractivity contribution in [2.45, 2.75) is 32.4 Å². The van der Waals surface area contributed by atoms with Crippen molar-refractivity contribution >= 4 is 15.9 Å². The number of nitrogens with two attached hydrogens (primary N) is 1. The molecule has 1 aromatic heterocycles. The fraction of sp³-hybridized carbons (Fsp3) is 0.727. The predicted octanol–water partition coefficient (Wildman–Crippen LogP) is 1.41. The summed E-state index contributed by atoms with van der Waals surface area (Å²) in [6.45, 7) is 5.10. The van der Waals surface area contributed by atoms with Gasteiger partial charge in [0.1, 0.15) is 0 Å². The smallest absolute Gasteiger partial charge is 0.0739 e. The Morgan fingerprint density at radius 1 is 1.56 bits per heavy atom. The first-order chi connectivity index (χ1) is 7.58. The Hall–Kier alpha value is -0.390. The number of aryl methyl sites for hydroxylation is 2. The van der Waals surface area contributed by atoms with Crippen molar-refractivity contribution in [3.63, 3.8) is 0 Å². The molecule has 0 aromatic carbocycles. The summed E-state index contributed by atoms with van der Waals surface area (Å²) in [5.74, 6) is 0. The van der Waals surface area contributed by atoms with Gasteiger partial charge in [0, 0.05) is 26.2 Å². The minimum atomic E-state index is 0.335. The lowest BCUT2D eigenvalue weighted by molar-refractivity contribution is 0.197. The summed E-state index contributed by atoms with van der Waals surface area (Å²) in [5, 5.41) is 4.41. The van der Waals surface area contributed by atoms with E-state index >= 15 is 0 Å². The molecule has 16 heavy (non-hydrogen) atoms. The molecule has 0 amide bonds. The Balaban J connectivity index is 2.08. The standard InChI is InChI=1S/C11H19BrN4/c1-8-11(12)10(15(2)14-8)7-16-5-3-4-9(13)6-16/h9H,3-7,13H2,1-2H3/t9-/m1/s1. The van der Waals surface area contributed by atoms with Gasteiger partial charge in [0.2, 0.25) is 0 Å². The Morgan fingerprint density at radius 3 is 2.88 bits per heavy atom. The van der Waals surface area contributed by atoms with Crippen molar-refractivity contribution in [1.29, 1.82) is 0 Å². The predicted molar refractivity (Wildman–Crippen MR) is 68.1 cm³/mol. The minimum Gasteiger partial charge on any atom is -0.327 e. The van der Waals surface area contributed by atoms with Crippen LogP contribution in [0, 0.1) is 6.92 Å². The third-order valence-corrected chi connectivity index (χ3v) is 4.21. The molecule has 1 aliphatic heterocycles. The first kappa shape index (κ1) is 12.1. The first-order valence-corrected chi connectivity index (χ1v) is 6.53. The van der Waals surface area contributed by atoms with E-state index in [9.17, 15) is 0 Å². The summed E-state index contributed by atoms with van der Waals surface area (Å²) in [4.78, 5) is 2.41. The molecule has 2 N–H and O–H groups in total. The normalized spacial score (nSPS) is 22.6. The SMILES string of the molecule is Cc1nn(C)c(CN2CCC[C@@H](N)C2)c1Br. The zero-order chi connectivity index (χ0) is 11.7. The van der Waals surface area contributed by atoms with Crippen molar-refractivity contribution in [3.8, 4) is 0 Å². The number of hydrogen-bond donors (Lipinski definition) is 1. The zero-order valence-corrected chi connectivity index (χ0v) is 11.5. The maximum atomic E-state index is 5.98. The summed E-state index contributed by atoms with van der Waals surface area (Å²) < 4.78 is 3.09. The van der Waals surface area contributed by atoms with Crippen molar-refractivity contribution in [2.75, 3.05) is 13.1 Å². The van der Waals surface area contributed by atoms with E-state index in [0.29, 0.717) is 6.04 Å². The summed E-state index contributed by atoms with van der Waals surface area (Å²) in [6, 6.07) is 0.335. The van der Waals surface area contributed by atoms with E-state index in [1.165, 1.54) is 12.1 Å². The number of likely N-dealkylation sites (tertiary alicyclic amines) is 1. The second-order valence-corrected chi connectivity index (χ2v) is 5.40. The van der Waals surface area contributed by atoms with Crippen LogP contribution in [0.5, 0.6) is 0 Å². The monoisotopic (exact) mass is 286 g/mol. The molecule has 0 spiro atoms. The minimum absolute atomic E-state index is 0.335. The lowest BCUT2D eigenvalue weighted by Gasteiger charge is -2.30. The van der Waals surface area contributed by atoms with Crippen LogP contribution >= 0.6 is 15.9 Å². The van der Waals surface area contributed by atoms with E-state index in [1.54, 1.807) is 0 Å². The highest BCUT2D eigenvalue weighted by atomic mass is 79.9. The fourth-order valence-corrected chi connectivity index (χ4v) is 2.76. The van der Waals surface area contributed by atoms with Crippen molar-refractivity contribution in [1.82, 2.24) is 14.7 Å². The van der Waals surface area contributed by atoms with Gasteiger partial charge in [0.15, 0.2) is 0 Å². The molecule has 1 saturated heterocycles. The quantitative estimate of drug-likeness (QED) is 0.894. The molecule has 1 aliphatic rings. The van der Waals surface area contributed by atoms with Crippen molar-refractivity contribution in [3.05, 3.63) is 15.9 Å². The van der Waals surface area contributed by atoms with E-state index in [0.717, 1.165) is 36.2 Å². The van der Waals surface area contributed by atoms with Gasteiger partial charge < -0.3 is 5.73 Å². The lowest BCUT2D eigenvalue weighted by Crippen LogP contribution is -2.42. The van der Waals surface area contributed by atoms with E-state index in [-0.39, 0.29) is 0 Å². The Bertz CT molecular complexity index is 374. The highest BCUT2D eigenvalue weighted by Crippen LogP contribution is 2.22. The summed E-state index contributed by atoms with van der Waals surface area (Å²) in [5.41, 5.74) is 8.28. The van der Waals surface area contributed by atoms with Gasteiger partial charge in [-0.15, -0.1) is 0 Å².